The molecule has 1 N–H and O–H groups in total. The third-order valence-electron chi connectivity index (χ3n) is 1.15. The molecular weight excluding hydrogens is 188 g/mol. The predicted molar refractivity (Wildman–Crippen MR) is 37.5 cm³/mol. The van der Waals surface area contributed by atoms with Crippen molar-refractivity contribution in [2.45, 2.75) is 13.8 Å². The van der Waals surface area contributed by atoms with E-state index in [1.807, 2.05) is 0 Å². The zero-order valence-corrected chi connectivity index (χ0v) is 7.29. The summed E-state index contributed by atoms with van der Waals surface area (Å²) in [5.74, 6) is -3.01. The fraction of sp³-hybridized carbons (Fsp3) is 0.600. The van der Waals surface area contributed by atoms with E-state index in [1.165, 1.54) is 6.92 Å². The molecule has 7 heteroatoms. The zero-order valence-electron chi connectivity index (χ0n) is 6.47. The van der Waals surface area contributed by atoms with Crippen molar-refractivity contribution in [3.8, 4) is 0 Å². The summed E-state index contributed by atoms with van der Waals surface area (Å²) in [7, 11) is -4.80. The second-order valence-corrected chi connectivity index (χ2v) is 3.18. The molecule has 0 aliphatic carbocycles. The van der Waals surface area contributed by atoms with Gasteiger partial charge in [-0.2, -0.15) is 8.42 Å². The summed E-state index contributed by atoms with van der Waals surface area (Å²) < 4.78 is 31.5. The summed E-state index contributed by atoms with van der Waals surface area (Å²) in [6.07, 6.45) is 0. The molecule has 1 atom stereocenters. The van der Waals surface area contributed by atoms with Crippen molar-refractivity contribution in [2.24, 2.45) is 5.92 Å². The maximum absolute atomic E-state index is 10.6. The highest BCUT2D eigenvalue weighted by molar-refractivity contribution is 7.81. The highest BCUT2D eigenvalue weighted by Gasteiger charge is 2.23. The van der Waals surface area contributed by atoms with Gasteiger partial charge in [0.05, 0.1) is 0 Å². The van der Waals surface area contributed by atoms with Crippen molar-refractivity contribution in [1.29, 1.82) is 0 Å². The summed E-state index contributed by atoms with van der Waals surface area (Å²) in [6, 6.07) is 0. The zero-order chi connectivity index (χ0) is 9.94. The average molecular weight is 196 g/mol. The van der Waals surface area contributed by atoms with Gasteiger partial charge in [0.25, 0.3) is 0 Å². The Hall–Kier alpha value is -0.950. The van der Waals surface area contributed by atoms with Crippen molar-refractivity contribution in [1.82, 2.24) is 0 Å². The summed E-state index contributed by atoms with van der Waals surface area (Å²) in [4.78, 5) is 21.1. The van der Waals surface area contributed by atoms with Crippen LogP contribution >= 0.6 is 0 Å². The Morgan fingerprint density at radius 1 is 1.42 bits per heavy atom. The van der Waals surface area contributed by atoms with E-state index in [1.54, 1.807) is 0 Å². The molecule has 70 valence electrons. The number of Topliss-reactive ketones (excluding diaryl/α,β-unsaturated/α-hetero) is 1. The van der Waals surface area contributed by atoms with Gasteiger partial charge in [-0.3, -0.25) is 14.1 Å². The summed E-state index contributed by atoms with van der Waals surface area (Å²) in [5, 5.41) is 0. The Bertz CT molecular complexity index is 289. The molecule has 0 aromatic carbocycles. The van der Waals surface area contributed by atoms with Crippen LogP contribution in [0, 0.1) is 5.92 Å². The third-order valence-corrected chi connectivity index (χ3v) is 1.53. The average Bonchev–Trinajstić information content (AvgIpc) is 1.82. The molecule has 0 radical (unpaired) electrons. The lowest BCUT2D eigenvalue weighted by atomic mass is 10.1. The standard InChI is InChI=1S/C5H8O6S/c1-3(4(2)6)5(7)11-12(8,9)10/h3H,1-2H3,(H,8,9,10). The largest absolute Gasteiger partial charge is 0.449 e. The highest BCUT2D eigenvalue weighted by Crippen LogP contribution is 2.01. The second-order valence-electron chi connectivity index (χ2n) is 2.16. The molecule has 0 aliphatic heterocycles. The number of hydrogen-bond acceptors (Lipinski definition) is 5. The van der Waals surface area contributed by atoms with Gasteiger partial charge in [-0.15, -0.1) is 0 Å². The maximum Gasteiger partial charge on any atom is 0.449 e. The van der Waals surface area contributed by atoms with Gasteiger partial charge in [0.1, 0.15) is 11.7 Å². The van der Waals surface area contributed by atoms with E-state index < -0.39 is 28.1 Å². The van der Waals surface area contributed by atoms with Crippen LogP contribution < -0.4 is 0 Å². The molecule has 0 saturated carbocycles. The molecule has 12 heavy (non-hydrogen) atoms. The van der Waals surface area contributed by atoms with E-state index in [4.69, 9.17) is 4.55 Å². The molecule has 0 aromatic rings. The number of ketones is 1. The molecule has 0 amide bonds. The van der Waals surface area contributed by atoms with Crippen molar-refractivity contribution >= 4 is 22.2 Å². The molecule has 0 fully saturated rings. The van der Waals surface area contributed by atoms with Gasteiger partial charge in [0.2, 0.25) is 0 Å². The topological polar surface area (TPSA) is 97.7 Å². The number of rotatable bonds is 3. The summed E-state index contributed by atoms with van der Waals surface area (Å²) in [5.41, 5.74) is 0. The first-order valence-electron chi connectivity index (χ1n) is 2.95. The van der Waals surface area contributed by atoms with E-state index in [0.717, 1.165) is 6.92 Å². The van der Waals surface area contributed by atoms with Gasteiger partial charge in [-0.05, 0) is 13.8 Å². The first kappa shape index (κ1) is 11.1. The molecule has 0 saturated heterocycles. The minimum absolute atomic E-state index is 0.538. The van der Waals surface area contributed by atoms with Crippen molar-refractivity contribution < 1.29 is 26.7 Å². The Morgan fingerprint density at radius 3 is 2.08 bits per heavy atom. The van der Waals surface area contributed by atoms with Crippen LogP contribution in [0.4, 0.5) is 0 Å². The van der Waals surface area contributed by atoms with E-state index >= 15 is 0 Å². The summed E-state index contributed by atoms with van der Waals surface area (Å²) in [6.45, 7) is 2.28. The van der Waals surface area contributed by atoms with Gasteiger partial charge in [0.15, 0.2) is 0 Å². The predicted octanol–water partition coefficient (Wildman–Crippen LogP) is -0.442. The van der Waals surface area contributed by atoms with E-state index in [0.29, 0.717) is 0 Å². The Labute approximate surface area is 69.5 Å². The molecule has 0 spiro atoms. The smallest absolute Gasteiger partial charge is 0.324 e. The second kappa shape index (κ2) is 3.63. The van der Waals surface area contributed by atoms with Crippen LogP contribution in [0.3, 0.4) is 0 Å². The van der Waals surface area contributed by atoms with Gasteiger partial charge in [0, 0.05) is 0 Å². The molecule has 0 aliphatic rings. The first-order chi connectivity index (χ1) is 5.24. The lowest BCUT2D eigenvalue weighted by Crippen LogP contribution is -2.23. The molecular formula is C5H8O6S. The molecule has 0 rings (SSSR count). The molecule has 0 bridgehead atoms. The first-order valence-corrected chi connectivity index (χ1v) is 4.31. The van der Waals surface area contributed by atoms with Crippen molar-refractivity contribution in [2.75, 3.05) is 0 Å². The van der Waals surface area contributed by atoms with Gasteiger partial charge >= 0.3 is 16.4 Å². The van der Waals surface area contributed by atoms with Crippen LogP contribution in [0.15, 0.2) is 0 Å². The highest BCUT2D eigenvalue weighted by atomic mass is 32.3. The van der Waals surface area contributed by atoms with Crippen LogP contribution in [0.2, 0.25) is 0 Å². The van der Waals surface area contributed by atoms with Crippen LogP contribution in [-0.4, -0.2) is 24.7 Å². The fourth-order valence-electron chi connectivity index (χ4n) is 0.342. The monoisotopic (exact) mass is 196 g/mol. The Morgan fingerprint density at radius 2 is 1.83 bits per heavy atom. The minimum atomic E-state index is -4.80. The van der Waals surface area contributed by atoms with E-state index in [9.17, 15) is 18.0 Å². The third kappa shape index (κ3) is 4.04. The quantitative estimate of drug-likeness (QED) is 0.485. The maximum atomic E-state index is 10.6. The number of carbonyl (C=O) groups is 2. The van der Waals surface area contributed by atoms with E-state index in [-0.39, 0.29) is 0 Å². The molecule has 6 nitrogen and oxygen atoms in total. The minimum Gasteiger partial charge on any atom is -0.324 e. The fourth-order valence-corrected chi connectivity index (χ4v) is 0.694. The number of hydrogen-bond donors (Lipinski definition) is 1. The van der Waals surface area contributed by atoms with Crippen LogP contribution in [-0.2, 0) is 24.2 Å². The SMILES string of the molecule is CC(=O)C(C)C(=O)OS(=O)(=O)O. The van der Waals surface area contributed by atoms with Crippen molar-refractivity contribution in [3.05, 3.63) is 0 Å². The lowest BCUT2D eigenvalue weighted by Gasteiger charge is -2.03. The molecule has 1 unspecified atom stereocenters. The van der Waals surface area contributed by atoms with Gasteiger partial charge < -0.3 is 4.18 Å². The van der Waals surface area contributed by atoms with Gasteiger partial charge in [-0.1, -0.05) is 0 Å². The normalized spacial score (nSPS) is 13.6. The van der Waals surface area contributed by atoms with Crippen LogP contribution in [0.5, 0.6) is 0 Å². The van der Waals surface area contributed by atoms with E-state index in [2.05, 4.69) is 4.18 Å². The Kier molecular flexibility index (Phi) is 3.35. The summed E-state index contributed by atoms with van der Waals surface area (Å²) >= 11 is 0. The van der Waals surface area contributed by atoms with Crippen LogP contribution in [0.25, 0.3) is 0 Å². The van der Waals surface area contributed by atoms with Gasteiger partial charge in [-0.25, -0.2) is 0 Å². The lowest BCUT2D eigenvalue weighted by molar-refractivity contribution is -0.142. The molecule has 0 aromatic heterocycles. The van der Waals surface area contributed by atoms with Crippen molar-refractivity contribution in [3.63, 3.8) is 0 Å². The van der Waals surface area contributed by atoms with Crippen LogP contribution in [0.1, 0.15) is 13.8 Å². The Balaban J connectivity index is 4.35. The molecule has 0 heterocycles. The number of carbonyl (C=O) groups excluding carboxylic acids is 2.